The van der Waals surface area contributed by atoms with Gasteiger partial charge in [0.05, 0.1) is 5.38 Å². The molecule has 0 fully saturated rings. The van der Waals surface area contributed by atoms with Crippen LogP contribution >= 0.6 is 11.5 Å². The molecule has 1 rings (SSSR count). The van der Waals surface area contributed by atoms with Crippen LogP contribution in [0.15, 0.2) is 5.38 Å². The van der Waals surface area contributed by atoms with E-state index in [0.717, 1.165) is 18.9 Å². The summed E-state index contributed by atoms with van der Waals surface area (Å²) in [5.74, 6) is 1.05. The zero-order chi connectivity index (χ0) is 10.2. The summed E-state index contributed by atoms with van der Waals surface area (Å²) in [6, 6.07) is 0. The van der Waals surface area contributed by atoms with E-state index in [2.05, 4.69) is 28.3 Å². The molecule has 1 aromatic rings. The van der Waals surface area contributed by atoms with Gasteiger partial charge in [-0.1, -0.05) is 31.2 Å². The summed E-state index contributed by atoms with van der Waals surface area (Å²) in [5, 5.41) is 6.15. The Bertz CT molecular complexity index is 215. The van der Waals surface area contributed by atoms with Gasteiger partial charge in [-0.3, -0.25) is 0 Å². The number of nitrogens with zero attached hydrogens (tertiary/aromatic N) is 3. The molecule has 0 N–H and O–H groups in total. The Morgan fingerprint density at radius 2 is 1.86 bits per heavy atom. The molecule has 1 aromatic heterocycles. The number of hydrogen-bond donors (Lipinski definition) is 0. The lowest BCUT2D eigenvalue weighted by atomic mass is 10.2. The van der Waals surface area contributed by atoms with Gasteiger partial charge in [0.1, 0.15) is 0 Å². The lowest BCUT2D eigenvalue weighted by Crippen LogP contribution is -2.25. The monoisotopic (exact) mass is 213 g/mol. The normalized spacial score (nSPS) is 10.4. The average Bonchev–Trinajstić information content (AvgIpc) is 2.71. The van der Waals surface area contributed by atoms with Crippen LogP contribution in [0.2, 0.25) is 0 Å². The third-order valence-electron chi connectivity index (χ3n) is 2.24. The summed E-state index contributed by atoms with van der Waals surface area (Å²) in [6.07, 6.45) is 4.95. The van der Waals surface area contributed by atoms with Gasteiger partial charge in [-0.15, -0.1) is 5.10 Å². The van der Waals surface area contributed by atoms with Crippen LogP contribution < -0.4 is 4.90 Å². The second-order valence-electron chi connectivity index (χ2n) is 3.46. The Morgan fingerprint density at radius 3 is 2.29 bits per heavy atom. The molecule has 0 spiro atoms. The fraction of sp³-hybridized carbons (Fsp3) is 0.800. The fourth-order valence-corrected chi connectivity index (χ4v) is 1.80. The molecule has 0 saturated heterocycles. The molecule has 0 aliphatic carbocycles. The Hall–Kier alpha value is -0.640. The SMILES string of the molecule is CCCCN(CCCC)c1csnn1. The molecular formula is C10H19N3S. The second kappa shape index (κ2) is 6.76. The minimum atomic E-state index is 1.05. The molecule has 1 heterocycles. The van der Waals surface area contributed by atoms with E-state index < -0.39 is 0 Å². The van der Waals surface area contributed by atoms with Gasteiger partial charge in [0.25, 0.3) is 0 Å². The largest absolute Gasteiger partial charge is 0.354 e. The molecule has 0 unspecified atom stereocenters. The first-order valence-corrected chi connectivity index (χ1v) is 6.24. The van der Waals surface area contributed by atoms with E-state index in [-0.39, 0.29) is 0 Å². The van der Waals surface area contributed by atoms with E-state index in [0.29, 0.717) is 0 Å². The van der Waals surface area contributed by atoms with Gasteiger partial charge in [0, 0.05) is 13.1 Å². The van der Waals surface area contributed by atoms with Crippen molar-refractivity contribution < 1.29 is 0 Å². The summed E-state index contributed by atoms with van der Waals surface area (Å²) in [6.45, 7) is 6.67. The highest BCUT2D eigenvalue weighted by Crippen LogP contribution is 2.13. The predicted octanol–water partition coefficient (Wildman–Crippen LogP) is 2.94. The van der Waals surface area contributed by atoms with Gasteiger partial charge >= 0.3 is 0 Å². The third-order valence-corrected chi connectivity index (χ3v) is 2.73. The minimum absolute atomic E-state index is 1.05. The fourth-order valence-electron chi connectivity index (χ4n) is 1.34. The molecule has 14 heavy (non-hydrogen) atoms. The molecule has 4 heteroatoms. The minimum Gasteiger partial charge on any atom is -0.354 e. The van der Waals surface area contributed by atoms with E-state index in [9.17, 15) is 0 Å². The molecule has 0 aliphatic rings. The summed E-state index contributed by atoms with van der Waals surface area (Å²) >= 11 is 1.43. The van der Waals surface area contributed by atoms with Crippen molar-refractivity contribution in [1.82, 2.24) is 9.59 Å². The summed E-state index contributed by atoms with van der Waals surface area (Å²) < 4.78 is 3.91. The van der Waals surface area contributed by atoms with Crippen LogP contribution in [0.3, 0.4) is 0 Å². The standard InChI is InChI=1S/C10H19N3S/c1-3-5-7-13(8-6-4-2)10-9-14-12-11-10/h9H,3-8H2,1-2H3. The quantitative estimate of drug-likeness (QED) is 0.697. The van der Waals surface area contributed by atoms with Crippen molar-refractivity contribution in [3.63, 3.8) is 0 Å². The molecule has 0 aliphatic heterocycles. The Balaban J connectivity index is 2.44. The van der Waals surface area contributed by atoms with Gasteiger partial charge in [-0.2, -0.15) is 0 Å². The molecular weight excluding hydrogens is 194 g/mol. The second-order valence-corrected chi connectivity index (χ2v) is 4.07. The summed E-state index contributed by atoms with van der Waals surface area (Å²) in [4.78, 5) is 2.34. The third kappa shape index (κ3) is 3.62. The first-order valence-electron chi connectivity index (χ1n) is 5.40. The van der Waals surface area contributed by atoms with Crippen LogP contribution in [0.25, 0.3) is 0 Å². The van der Waals surface area contributed by atoms with Crippen molar-refractivity contribution in [2.75, 3.05) is 18.0 Å². The zero-order valence-electron chi connectivity index (χ0n) is 9.07. The molecule has 0 radical (unpaired) electrons. The number of hydrogen-bond acceptors (Lipinski definition) is 4. The molecule has 0 bridgehead atoms. The maximum Gasteiger partial charge on any atom is 0.163 e. The number of unbranched alkanes of at least 4 members (excludes halogenated alkanes) is 2. The first kappa shape index (κ1) is 11.4. The van der Waals surface area contributed by atoms with Crippen molar-refractivity contribution in [2.24, 2.45) is 0 Å². The number of aromatic nitrogens is 2. The highest BCUT2D eigenvalue weighted by molar-refractivity contribution is 7.03. The van der Waals surface area contributed by atoms with Crippen LogP contribution in [-0.2, 0) is 0 Å². The lowest BCUT2D eigenvalue weighted by molar-refractivity contribution is 0.670. The van der Waals surface area contributed by atoms with Crippen molar-refractivity contribution in [3.05, 3.63) is 5.38 Å². The Kier molecular flexibility index (Phi) is 5.52. The Labute approximate surface area is 90.3 Å². The molecule has 80 valence electrons. The van der Waals surface area contributed by atoms with Crippen LogP contribution in [0.1, 0.15) is 39.5 Å². The van der Waals surface area contributed by atoms with Crippen molar-refractivity contribution >= 4 is 17.4 Å². The van der Waals surface area contributed by atoms with E-state index in [1.807, 2.05) is 5.38 Å². The van der Waals surface area contributed by atoms with Crippen LogP contribution in [0.5, 0.6) is 0 Å². The first-order chi connectivity index (χ1) is 6.88. The lowest BCUT2D eigenvalue weighted by Gasteiger charge is -2.20. The maximum absolute atomic E-state index is 4.12. The Morgan fingerprint density at radius 1 is 1.21 bits per heavy atom. The van der Waals surface area contributed by atoms with Crippen LogP contribution in [-0.4, -0.2) is 22.7 Å². The van der Waals surface area contributed by atoms with Gasteiger partial charge in [0.15, 0.2) is 5.82 Å². The van der Waals surface area contributed by atoms with Crippen molar-refractivity contribution in [2.45, 2.75) is 39.5 Å². The van der Waals surface area contributed by atoms with E-state index in [1.165, 1.54) is 37.2 Å². The zero-order valence-corrected chi connectivity index (χ0v) is 9.89. The maximum atomic E-state index is 4.12. The molecule has 0 atom stereocenters. The number of anilines is 1. The highest BCUT2D eigenvalue weighted by atomic mass is 32.1. The molecule has 0 aromatic carbocycles. The summed E-state index contributed by atoms with van der Waals surface area (Å²) in [7, 11) is 0. The average molecular weight is 213 g/mol. The van der Waals surface area contributed by atoms with Gasteiger partial charge in [0.2, 0.25) is 0 Å². The molecule has 0 amide bonds. The van der Waals surface area contributed by atoms with E-state index in [1.54, 1.807) is 0 Å². The van der Waals surface area contributed by atoms with Crippen LogP contribution in [0, 0.1) is 0 Å². The van der Waals surface area contributed by atoms with Gasteiger partial charge in [-0.25, -0.2) is 0 Å². The summed E-state index contributed by atoms with van der Waals surface area (Å²) in [5.41, 5.74) is 0. The van der Waals surface area contributed by atoms with Gasteiger partial charge < -0.3 is 4.90 Å². The van der Waals surface area contributed by atoms with Crippen molar-refractivity contribution in [1.29, 1.82) is 0 Å². The highest BCUT2D eigenvalue weighted by Gasteiger charge is 2.07. The van der Waals surface area contributed by atoms with Gasteiger partial charge in [-0.05, 0) is 24.4 Å². The predicted molar refractivity (Wildman–Crippen MR) is 61.9 cm³/mol. The van der Waals surface area contributed by atoms with Crippen molar-refractivity contribution in [3.8, 4) is 0 Å². The van der Waals surface area contributed by atoms with E-state index in [4.69, 9.17) is 0 Å². The van der Waals surface area contributed by atoms with Crippen LogP contribution in [0.4, 0.5) is 5.82 Å². The molecule has 3 nitrogen and oxygen atoms in total. The topological polar surface area (TPSA) is 29.0 Å². The smallest absolute Gasteiger partial charge is 0.163 e. The number of rotatable bonds is 7. The van der Waals surface area contributed by atoms with E-state index >= 15 is 0 Å². The molecule has 0 saturated carbocycles.